The third kappa shape index (κ3) is 4.66. The second-order valence-electron chi connectivity index (χ2n) is 8.84. The van der Waals surface area contributed by atoms with E-state index in [0.29, 0.717) is 0 Å². The molecule has 32 heavy (non-hydrogen) atoms. The van der Waals surface area contributed by atoms with Crippen LogP contribution < -0.4 is 9.64 Å². The van der Waals surface area contributed by atoms with Crippen molar-refractivity contribution in [2.24, 2.45) is 0 Å². The Bertz CT molecular complexity index is 1010. The topological polar surface area (TPSA) is 15.7 Å². The van der Waals surface area contributed by atoms with Gasteiger partial charge in [-0.3, -0.25) is 4.90 Å². The van der Waals surface area contributed by atoms with Crippen molar-refractivity contribution in [3.63, 3.8) is 0 Å². The van der Waals surface area contributed by atoms with Crippen molar-refractivity contribution >= 4 is 5.69 Å². The number of nitrogens with zero attached hydrogens (tertiary/aromatic N) is 2. The van der Waals surface area contributed by atoms with Crippen LogP contribution in [0.25, 0.3) is 0 Å². The van der Waals surface area contributed by atoms with Gasteiger partial charge < -0.3 is 9.64 Å². The first-order valence-electron chi connectivity index (χ1n) is 11.8. The van der Waals surface area contributed by atoms with E-state index in [4.69, 9.17) is 4.74 Å². The van der Waals surface area contributed by atoms with Crippen LogP contribution in [0.15, 0.2) is 72.8 Å². The van der Waals surface area contributed by atoms with E-state index in [9.17, 15) is 4.39 Å². The average Bonchev–Trinajstić information content (AvgIpc) is 2.85. The van der Waals surface area contributed by atoms with E-state index in [0.717, 1.165) is 37.6 Å². The highest BCUT2D eigenvalue weighted by atomic mass is 19.1. The molecule has 2 heterocycles. The van der Waals surface area contributed by atoms with Gasteiger partial charge in [0.15, 0.2) is 0 Å². The van der Waals surface area contributed by atoms with Crippen molar-refractivity contribution in [2.45, 2.75) is 31.7 Å². The Balaban J connectivity index is 1.34. The Kier molecular flexibility index (Phi) is 6.40. The standard InChI is InChI=1S/C28H31FN2O/c29-24-10-12-25(13-11-24)31-19-16-22-6-2-3-7-27(22)28(31)23-8-14-26(15-9-23)32-21-20-30-17-4-1-5-18-30/h2-3,6-15,28H,1,4-5,16-21H2. The molecule has 0 spiro atoms. The van der Waals surface area contributed by atoms with Crippen molar-refractivity contribution in [3.05, 3.63) is 95.3 Å². The summed E-state index contributed by atoms with van der Waals surface area (Å²) in [4.78, 5) is 4.88. The molecule has 1 fully saturated rings. The van der Waals surface area contributed by atoms with Crippen LogP contribution in [-0.4, -0.2) is 37.7 Å². The van der Waals surface area contributed by atoms with Crippen LogP contribution in [0.1, 0.15) is 42.0 Å². The first-order valence-corrected chi connectivity index (χ1v) is 11.8. The fraction of sp³-hybridized carbons (Fsp3) is 0.357. The Morgan fingerprint density at radius 1 is 0.812 bits per heavy atom. The van der Waals surface area contributed by atoms with Crippen molar-refractivity contribution < 1.29 is 9.13 Å². The maximum Gasteiger partial charge on any atom is 0.123 e. The molecule has 2 aliphatic heterocycles. The number of rotatable bonds is 6. The van der Waals surface area contributed by atoms with Gasteiger partial charge in [0.05, 0.1) is 6.04 Å². The zero-order valence-corrected chi connectivity index (χ0v) is 18.6. The molecule has 1 unspecified atom stereocenters. The van der Waals surface area contributed by atoms with Gasteiger partial charge in [0.1, 0.15) is 18.2 Å². The van der Waals surface area contributed by atoms with Gasteiger partial charge >= 0.3 is 0 Å². The minimum atomic E-state index is -0.200. The van der Waals surface area contributed by atoms with Crippen LogP contribution in [-0.2, 0) is 6.42 Å². The molecule has 0 bridgehead atoms. The van der Waals surface area contributed by atoms with Crippen LogP contribution in [0.2, 0.25) is 0 Å². The predicted molar refractivity (Wildman–Crippen MR) is 128 cm³/mol. The lowest BCUT2D eigenvalue weighted by molar-refractivity contribution is 0.183. The SMILES string of the molecule is Fc1ccc(N2CCc3ccccc3C2c2ccc(OCCN3CCCCC3)cc2)cc1. The van der Waals surface area contributed by atoms with Gasteiger partial charge in [-0.25, -0.2) is 4.39 Å². The molecule has 166 valence electrons. The van der Waals surface area contributed by atoms with Gasteiger partial charge in [-0.05, 0) is 85.4 Å². The molecule has 3 aromatic rings. The lowest BCUT2D eigenvalue weighted by Gasteiger charge is -2.39. The number of halogens is 1. The highest BCUT2D eigenvalue weighted by molar-refractivity contribution is 5.56. The van der Waals surface area contributed by atoms with Crippen molar-refractivity contribution in [2.75, 3.05) is 37.7 Å². The van der Waals surface area contributed by atoms with Gasteiger partial charge in [-0.2, -0.15) is 0 Å². The number of likely N-dealkylation sites (tertiary alicyclic amines) is 1. The summed E-state index contributed by atoms with van der Waals surface area (Å²) in [7, 11) is 0. The molecule has 1 atom stereocenters. The molecular formula is C28H31FN2O. The van der Waals surface area contributed by atoms with Gasteiger partial charge in [-0.1, -0.05) is 42.8 Å². The molecule has 3 nitrogen and oxygen atoms in total. The fourth-order valence-electron chi connectivity index (χ4n) is 5.06. The summed E-state index contributed by atoms with van der Waals surface area (Å²) >= 11 is 0. The van der Waals surface area contributed by atoms with Crippen LogP contribution >= 0.6 is 0 Å². The predicted octanol–water partition coefficient (Wildman–Crippen LogP) is 5.84. The first kappa shape index (κ1) is 21.0. The van der Waals surface area contributed by atoms with Crippen LogP contribution in [0.5, 0.6) is 5.75 Å². The Morgan fingerprint density at radius 3 is 2.34 bits per heavy atom. The third-order valence-corrected chi connectivity index (χ3v) is 6.76. The zero-order valence-electron chi connectivity index (χ0n) is 18.6. The van der Waals surface area contributed by atoms with Gasteiger partial charge in [-0.15, -0.1) is 0 Å². The van der Waals surface area contributed by atoms with Crippen LogP contribution in [0, 0.1) is 5.82 Å². The van der Waals surface area contributed by atoms with Crippen LogP contribution in [0.4, 0.5) is 10.1 Å². The molecule has 0 N–H and O–H groups in total. The third-order valence-electron chi connectivity index (χ3n) is 6.76. The van der Waals surface area contributed by atoms with E-state index in [1.807, 2.05) is 12.1 Å². The van der Waals surface area contributed by atoms with Gasteiger partial charge in [0.2, 0.25) is 0 Å². The summed E-state index contributed by atoms with van der Waals surface area (Å²) < 4.78 is 19.6. The molecule has 0 aromatic heterocycles. The minimum Gasteiger partial charge on any atom is -0.492 e. The average molecular weight is 431 g/mol. The molecule has 1 saturated heterocycles. The molecule has 3 aromatic carbocycles. The summed E-state index contributed by atoms with van der Waals surface area (Å²) in [5, 5.41) is 0. The maximum absolute atomic E-state index is 13.5. The second-order valence-corrected chi connectivity index (χ2v) is 8.84. The van der Waals surface area contributed by atoms with Gasteiger partial charge in [0.25, 0.3) is 0 Å². The first-order chi connectivity index (χ1) is 15.8. The van der Waals surface area contributed by atoms with E-state index in [1.165, 1.54) is 49.0 Å². The smallest absolute Gasteiger partial charge is 0.123 e. The lowest BCUT2D eigenvalue weighted by atomic mass is 9.87. The highest BCUT2D eigenvalue weighted by Gasteiger charge is 2.28. The second kappa shape index (κ2) is 9.74. The molecule has 0 aliphatic carbocycles. The minimum absolute atomic E-state index is 0.104. The maximum atomic E-state index is 13.5. The number of benzene rings is 3. The number of piperidine rings is 1. The fourth-order valence-corrected chi connectivity index (χ4v) is 5.06. The number of fused-ring (bicyclic) bond motifs is 1. The summed E-state index contributed by atoms with van der Waals surface area (Å²) in [6.07, 6.45) is 4.96. The highest BCUT2D eigenvalue weighted by Crippen LogP contribution is 2.38. The number of anilines is 1. The van der Waals surface area contributed by atoms with Crippen molar-refractivity contribution in [3.8, 4) is 5.75 Å². The summed E-state index contributed by atoms with van der Waals surface area (Å²) in [6.45, 7) is 5.02. The number of hydrogen-bond donors (Lipinski definition) is 0. The van der Waals surface area contributed by atoms with E-state index in [1.54, 1.807) is 12.1 Å². The van der Waals surface area contributed by atoms with Crippen molar-refractivity contribution in [1.29, 1.82) is 0 Å². The van der Waals surface area contributed by atoms with Crippen molar-refractivity contribution in [1.82, 2.24) is 4.90 Å². The van der Waals surface area contributed by atoms with E-state index >= 15 is 0 Å². The molecule has 0 saturated carbocycles. The van der Waals surface area contributed by atoms with Crippen LogP contribution in [0.3, 0.4) is 0 Å². The normalized spacial score (nSPS) is 18.9. The zero-order chi connectivity index (χ0) is 21.8. The summed E-state index contributed by atoms with van der Waals surface area (Å²) in [6, 6.07) is 24.2. The van der Waals surface area contributed by atoms with E-state index in [-0.39, 0.29) is 11.9 Å². The summed E-state index contributed by atoms with van der Waals surface area (Å²) in [5.74, 6) is 0.719. The lowest BCUT2D eigenvalue weighted by Crippen LogP contribution is -2.36. The summed E-state index contributed by atoms with van der Waals surface area (Å²) in [5.41, 5.74) is 4.98. The quantitative estimate of drug-likeness (QED) is 0.488. The Labute approximate surface area is 190 Å². The van der Waals surface area contributed by atoms with E-state index < -0.39 is 0 Å². The molecule has 0 amide bonds. The Hall–Kier alpha value is -2.85. The Morgan fingerprint density at radius 2 is 1.56 bits per heavy atom. The molecule has 0 radical (unpaired) electrons. The van der Waals surface area contributed by atoms with Gasteiger partial charge in [0, 0.05) is 18.8 Å². The number of ether oxygens (including phenoxy) is 1. The molecule has 5 rings (SSSR count). The molecular weight excluding hydrogens is 399 g/mol. The number of hydrogen-bond acceptors (Lipinski definition) is 3. The molecule has 4 heteroatoms. The largest absolute Gasteiger partial charge is 0.492 e. The molecule has 2 aliphatic rings. The monoisotopic (exact) mass is 430 g/mol. The van der Waals surface area contributed by atoms with E-state index in [2.05, 4.69) is 58.3 Å².